The smallest absolute Gasteiger partial charge is 0.323 e. The maximum atomic E-state index is 13.1. The molecule has 1 saturated carbocycles. The molecule has 1 N–H and O–H groups in total. The number of hydrogen-bond donors (Lipinski definition) is 1. The Morgan fingerprint density at radius 1 is 1.07 bits per heavy atom. The quantitative estimate of drug-likeness (QED) is 0.784. The van der Waals surface area contributed by atoms with Crippen LogP contribution in [0.3, 0.4) is 0 Å². The van der Waals surface area contributed by atoms with Crippen molar-refractivity contribution in [1.82, 2.24) is 20.0 Å². The molecular formula is C21H29ClN4O2. The highest BCUT2D eigenvalue weighted by molar-refractivity contribution is 6.30. The number of rotatable bonds is 4. The molecule has 2 aliphatic heterocycles. The molecule has 4 rings (SSSR count). The Labute approximate surface area is 171 Å². The fraction of sp³-hybridized carbons (Fsp3) is 0.619. The number of hydrogen-bond acceptors (Lipinski definition) is 4. The zero-order chi connectivity index (χ0) is 19.7. The van der Waals surface area contributed by atoms with Crippen LogP contribution >= 0.6 is 11.6 Å². The van der Waals surface area contributed by atoms with E-state index in [4.69, 9.17) is 11.6 Å². The lowest BCUT2D eigenvalue weighted by Crippen LogP contribution is -2.55. The van der Waals surface area contributed by atoms with Crippen molar-refractivity contribution in [2.75, 3.05) is 32.8 Å². The van der Waals surface area contributed by atoms with E-state index in [1.807, 2.05) is 12.1 Å². The summed E-state index contributed by atoms with van der Waals surface area (Å²) in [6.07, 6.45) is 3.92. The van der Waals surface area contributed by atoms with Crippen LogP contribution in [0, 0.1) is 5.92 Å². The maximum Gasteiger partial charge on any atom is 0.326 e. The van der Waals surface area contributed by atoms with Crippen LogP contribution < -0.4 is 5.32 Å². The van der Waals surface area contributed by atoms with Crippen LogP contribution in [-0.4, -0.2) is 65.0 Å². The molecule has 2 saturated heterocycles. The second kappa shape index (κ2) is 8.01. The molecule has 7 heteroatoms. The van der Waals surface area contributed by atoms with Crippen LogP contribution in [0.1, 0.15) is 38.2 Å². The largest absolute Gasteiger partial charge is 0.326 e. The van der Waals surface area contributed by atoms with Crippen molar-refractivity contribution < 1.29 is 9.59 Å². The van der Waals surface area contributed by atoms with Gasteiger partial charge in [0.15, 0.2) is 0 Å². The first kappa shape index (κ1) is 19.7. The van der Waals surface area contributed by atoms with Gasteiger partial charge in [-0.15, -0.1) is 0 Å². The summed E-state index contributed by atoms with van der Waals surface area (Å²) in [5, 5.41) is 3.80. The SMILES string of the molecule is C[C@@H]1CCCC[C@]12NC(=O)N(CN1CCN(Cc3ccc(Cl)cc3)CC1)C2=O. The van der Waals surface area contributed by atoms with Gasteiger partial charge in [0, 0.05) is 37.7 Å². The Kier molecular flexibility index (Phi) is 5.63. The van der Waals surface area contributed by atoms with E-state index in [9.17, 15) is 9.59 Å². The van der Waals surface area contributed by atoms with Gasteiger partial charge < -0.3 is 5.32 Å². The third kappa shape index (κ3) is 3.78. The van der Waals surface area contributed by atoms with E-state index in [0.717, 1.165) is 63.4 Å². The van der Waals surface area contributed by atoms with Gasteiger partial charge in [-0.25, -0.2) is 9.69 Å². The van der Waals surface area contributed by atoms with E-state index in [-0.39, 0.29) is 17.9 Å². The Balaban J connectivity index is 1.31. The molecule has 0 radical (unpaired) electrons. The average molecular weight is 405 g/mol. The van der Waals surface area contributed by atoms with E-state index in [2.05, 4.69) is 34.2 Å². The van der Waals surface area contributed by atoms with E-state index >= 15 is 0 Å². The molecule has 2 atom stereocenters. The van der Waals surface area contributed by atoms with Crippen LogP contribution in [0.15, 0.2) is 24.3 Å². The highest BCUT2D eigenvalue weighted by Gasteiger charge is 2.55. The number of halogens is 1. The molecule has 1 aliphatic carbocycles. The number of carbonyl (C=O) groups excluding carboxylic acids is 2. The zero-order valence-corrected chi connectivity index (χ0v) is 17.2. The minimum Gasteiger partial charge on any atom is -0.323 e. The Bertz CT molecular complexity index is 732. The third-order valence-electron chi connectivity index (χ3n) is 6.63. The summed E-state index contributed by atoms with van der Waals surface area (Å²) in [7, 11) is 0. The summed E-state index contributed by atoms with van der Waals surface area (Å²) in [4.78, 5) is 31.7. The van der Waals surface area contributed by atoms with Crippen molar-refractivity contribution in [1.29, 1.82) is 0 Å². The minimum atomic E-state index is -0.661. The molecule has 3 amide bonds. The predicted octanol–water partition coefficient (Wildman–Crippen LogP) is 2.92. The van der Waals surface area contributed by atoms with Gasteiger partial charge in [0.25, 0.3) is 5.91 Å². The molecule has 0 aromatic heterocycles. The number of urea groups is 1. The number of imide groups is 1. The number of carbonyl (C=O) groups is 2. The van der Waals surface area contributed by atoms with Gasteiger partial charge >= 0.3 is 6.03 Å². The summed E-state index contributed by atoms with van der Waals surface area (Å²) < 4.78 is 0. The molecule has 3 aliphatic rings. The maximum absolute atomic E-state index is 13.1. The summed E-state index contributed by atoms with van der Waals surface area (Å²) in [5.74, 6) is 0.187. The van der Waals surface area contributed by atoms with Crippen molar-refractivity contribution in [2.45, 2.75) is 44.7 Å². The highest BCUT2D eigenvalue weighted by atomic mass is 35.5. The number of nitrogens with one attached hydrogen (secondary N) is 1. The second-order valence-electron chi connectivity index (χ2n) is 8.44. The summed E-state index contributed by atoms with van der Waals surface area (Å²) in [5.41, 5.74) is 0.589. The first-order valence-corrected chi connectivity index (χ1v) is 10.7. The standard InChI is InChI=1S/C21H29ClN4O2/c1-16-4-2-3-9-21(16)19(27)26(20(28)23-21)15-25-12-10-24(11-13-25)14-17-5-7-18(22)8-6-17/h5-8,16H,2-4,9-15H2,1H3,(H,23,28)/t16-,21+/m1/s1. The van der Waals surface area contributed by atoms with Crippen molar-refractivity contribution in [3.8, 4) is 0 Å². The van der Waals surface area contributed by atoms with Crippen LogP contribution in [0.4, 0.5) is 4.79 Å². The van der Waals surface area contributed by atoms with Gasteiger partial charge in [-0.3, -0.25) is 14.6 Å². The molecule has 28 heavy (non-hydrogen) atoms. The predicted molar refractivity (Wildman–Crippen MR) is 109 cm³/mol. The van der Waals surface area contributed by atoms with Crippen LogP contribution in [0.2, 0.25) is 5.02 Å². The molecule has 0 unspecified atom stereocenters. The molecular weight excluding hydrogens is 376 g/mol. The van der Waals surface area contributed by atoms with Crippen LogP contribution in [0.25, 0.3) is 0 Å². The van der Waals surface area contributed by atoms with Crippen molar-refractivity contribution in [2.24, 2.45) is 5.92 Å². The Morgan fingerprint density at radius 3 is 2.43 bits per heavy atom. The number of amides is 3. The van der Waals surface area contributed by atoms with Gasteiger partial charge in [-0.2, -0.15) is 0 Å². The summed E-state index contributed by atoms with van der Waals surface area (Å²) in [6.45, 7) is 6.95. The van der Waals surface area contributed by atoms with Crippen LogP contribution in [-0.2, 0) is 11.3 Å². The number of piperazine rings is 1. The number of benzene rings is 1. The van der Waals surface area contributed by atoms with E-state index in [1.54, 1.807) is 0 Å². The monoisotopic (exact) mass is 404 g/mol. The molecule has 6 nitrogen and oxygen atoms in total. The van der Waals surface area contributed by atoms with Gasteiger partial charge in [0.05, 0.1) is 6.67 Å². The molecule has 2 heterocycles. The fourth-order valence-electron chi connectivity index (χ4n) is 4.76. The van der Waals surface area contributed by atoms with Crippen molar-refractivity contribution in [3.63, 3.8) is 0 Å². The summed E-state index contributed by atoms with van der Waals surface area (Å²) >= 11 is 5.96. The molecule has 0 bridgehead atoms. The van der Waals surface area contributed by atoms with Gasteiger partial charge in [-0.05, 0) is 36.5 Å². The number of nitrogens with zero attached hydrogens (tertiary/aromatic N) is 3. The van der Waals surface area contributed by atoms with E-state index in [1.165, 1.54) is 10.5 Å². The Morgan fingerprint density at radius 2 is 1.75 bits per heavy atom. The van der Waals surface area contributed by atoms with Crippen LogP contribution in [0.5, 0.6) is 0 Å². The van der Waals surface area contributed by atoms with Gasteiger partial charge in [-0.1, -0.05) is 43.5 Å². The summed E-state index contributed by atoms with van der Waals surface area (Å²) in [6, 6.07) is 7.75. The third-order valence-corrected chi connectivity index (χ3v) is 6.88. The second-order valence-corrected chi connectivity index (χ2v) is 8.88. The normalized spacial score (nSPS) is 29.5. The van der Waals surface area contributed by atoms with Crippen molar-refractivity contribution in [3.05, 3.63) is 34.9 Å². The lowest BCUT2D eigenvalue weighted by molar-refractivity contribution is -0.136. The van der Waals surface area contributed by atoms with Gasteiger partial charge in [0.1, 0.15) is 5.54 Å². The molecule has 3 fully saturated rings. The van der Waals surface area contributed by atoms with E-state index in [0.29, 0.717) is 6.67 Å². The first-order valence-electron chi connectivity index (χ1n) is 10.3. The zero-order valence-electron chi connectivity index (χ0n) is 16.5. The van der Waals surface area contributed by atoms with Crippen molar-refractivity contribution >= 4 is 23.5 Å². The molecule has 152 valence electrons. The molecule has 1 spiro atoms. The highest BCUT2D eigenvalue weighted by Crippen LogP contribution is 2.38. The molecule has 1 aromatic carbocycles. The Hall–Kier alpha value is -1.63. The van der Waals surface area contributed by atoms with E-state index < -0.39 is 5.54 Å². The van der Waals surface area contributed by atoms with Gasteiger partial charge in [0.2, 0.25) is 0 Å². The lowest BCUT2D eigenvalue weighted by atomic mass is 9.73. The fourth-order valence-corrected chi connectivity index (χ4v) is 4.89. The topological polar surface area (TPSA) is 55.9 Å². The average Bonchev–Trinajstić information content (AvgIpc) is 2.92. The lowest BCUT2D eigenvalue weighted by Gasteiger charge is -2.38. The minimum absolute atomic E-state index is 0.0201. The first-order chi connectivity index (χ1) is 13.5. The molecule has 1 aromatic rings.